The summed E-state index contributed by atoms with van der Waals surface area (Å²) in [6, 6.07) is 6.16. The molecule has 22 heavy (non-hydrogen) atoms. The van der Waals surface area contributed by atoms with Crippen LogP contribution in [0, 0.1) is 0 Å². The Morgan fingerprint density at radius 1 is 1.32 bits per heavy atom. The lowest BCUT2D eigenvalue weighted by atomic mass is 10.3. The van der Waals surface area contributed by atoms with Crippen LogP contribution in [-0.2, 0) is 4.79 Å². The minimum atomic E-state index is -4.52. The zero-order chi connectivity index (χ0) is 16.3. The van der Waals surface area contributed by atoms with E-state index in [0.29, 0.717) is 21.8 Å². The van der Waals surface area contributed by atoms with E-state index in [1.165, 1.54) is 12.1 Å². The van der Waals surface area contributed by atoms with Crippen LogP contribution in [0.25, 0.3) is 11.0 Å². The molecule has 0 aliphatic rings. The van der Waals surface area contributed by atoms with Gasteiger partial charge in [0, 0.05) is 0 Å². The number of fused-ring (bicyclic) bond motifs is 1. The lowest BCUT2D eigenvalue weighted by Gasteiger charge is -2.09. The molecule has 0 aliphatic heterocycles. The number of halogens is 5. The molecule has 2 rings (SSSR count). The van der Waals surface area contributed by atoms with Crippen molar-refractivity contribution < 1.29 is 26.7 Å². The second-order valence-corrected chi connectivity index (χ2v) is 5.15. The summed E-state index contributed by atoms with van der Waals surface area (Å²) in [5.41, 5.74) is 0.511. The third-order valence-electron chi connectivity index (χ3n) is 2.58. The fraction of sp³-hybridized carbons (Fsp3) is 0.333. The summed E-state index contributed by atoms with van der Waals surface area (Å²) in [6.45, 7) is -4.33. The van der Waals surface area contributed by atoms with Gasteiger partial charge in [-0.15, -0.1) is 0 Å². The Bertz CT molecular complexity index is 670. The molecule has 10 heteroatoms. The number of carbonyl (C=O) groups excluding carboxylic acids is 1. The number of thioether (sulfide) groups is 1. The highest BCUT2D eigenvalue weighted by Crippen LogP contribution is 2.29. The number of hydrogen-bond acceptors (Lipinski definition) is 3. The molecule has 1 heterocycles. The molecule has 2 aromatic rings. The van der Waals surface area contributed by atoms with Crippen molar-refractivity contribution in [2.24, 2.45) is 0 Å². The molecule has 0 fully saturated rings. The maximum absolute atomic E-state index is 13.1. The lowest BCUT2D eigenvalue weighted by molar-refractivity contribution is -0.136. The van der Waals surface area contributed by atoms with Crippen LogP contribution in [-0.4, -0.2) is 33.9 Å². The predicted molar refractivity (Wildman–Crippen MR) is 70.8 cm³/mol. The standard InChI is InChI=1S/C12H10F5N3OS/c13-10(14)20-8-4-2-1-3-7(8)19-11(20)22-5-9(21)18-6-12(15,16)17/h1-4,10H,5-6H2,(H,18,21). The molecule has 1 aromatic heterocycles. The minimum absolute atomic E-state index is 0.127. The number of para-hydroxylation sites is 2. The number of amides is 1. The van der Waals surface area contributed by atoms with Crippen LogP contribution in [0.1, 0.15) is 6.55 Å². The Morgan fingerprint density at radius 3 is 2.64 bits per heavy atom. The van der Waals surface area contributed by atoms with Crippen LogP contribution < -0.4 is 5.32 Å². The largest absolute Gasteiger partial charge is 0.405 e. The van der Waals surface area contributed by atoms with Crippen molar-refractivity contribution in [3.63, 3.8) is 0 Å². The van der Waals surface area contributed by atoms with E-state index >= 15 is 0 Å². The number of nitrogens with one attached hydrogen (secondary N) is 1. The number of benzene rings is 1. The zero-order valence-electron chi connectivity index (χ0n) is 10.9. The average Bonchev–Trinajstić information content (AvgIpc) is 2.80. The van der Waals surface area contributed by atoms with Crippen molar-refractivity contribution in [1.82, 2.24) is 14.9 Å². The molecule has 0 radical (unpaired) electrons. The molecule has 4 nitrogen and oxygen atoms in total. The Hall–Kier alpha value is -1.84. The molecule has 0 bridgehead atoms. The second kappa shape index (κ2) is 6.51. The molecule has 1 amide bonds. The molecule has 0 saturated carbocycles. The molecule has 0 unspecified atom stereocenters. The van der Waals surface area contributed by atoms with Crippen LogP contribution in [0.15, 0.2) is 29.4 Å². The molecule has 0 atom stereocenters. The molecule has 1 N–H and O–H groups in total. The topological polar surface area (TPSA) is 46.9 Å². The molecule has 0 saturated heterocycles. The molecular weight excluding hydrogens is 329 g/mol. The fourth-order valence-electron chi connectivity index (χ4n) is 1.69. The first-order valence-corrected chi connectivity index (χ1v) is 6.98. The van der Waals surface area contributed by atoms with E-state index < -0.39 is 30.9 Å². The van der Waals surface area contributed by atoms with Crippen molar-refractivity contribution in [2.45, 2.75) is 17.9 Å². The van der Waals surface area contributed by atoms with Gasteiger partial charge in [-0.3, -0.25) is 9.36 Å². The Balaban J connectivity index is 2.08. The fourth-order valence-corrected chi connectivity index (χ4v) is 2.54. The highest BCUT2D eigenvalue weighted by molar-refractivity contribution is 7.99. The summed E-state index contributed by atoms with van der Waals surface area (Å²) in [7, 11) is 0. The van der Waals surface area contributed by atoms with Crippen molar-refractivity contribution in [1.29, 1.82) is 0 Å². The second-order valence-electron chi connectivity index (χ2n) is 4.21. The highest BCUT2D eigenvalue weighted by atomic mass is 32.2. The number of nitrogens with zero attached hydrogens (tertiary/aromatic N) is 2. The van der Waals surface area contributed by atoms with Gasteiger partial charge in [0.15, 0.2) is 5.16 Å². The van der Waals surface area contributed by atoms with E-state index in [2.05, 4.69) is 4.98 Å². The van der Waals surface area contributed by atoms with E-state index in [0.717, 1.165) is 0 Å². The summed E-state index contributed by atoms with van der Waals surface area (Å²) < 4.78 is 62.7. The summed E-state index contributed by atoms with van der Waals surface area (Å²) in [6.07, 6.45) is -4.52. The van der Waals surface area contributed by atoms with Gasteiger partial charge in [-0.1, -0.05) is 23.9 Å². The lowest BCUT2D eigenvalue weighted by Crippen LogP contribution is -2.34. The number of carbonyl (C=O) groups is 1. The highest BCUT2D eigenvalue weighted by Gasteiger charge is 2.27. The maximum atomic E-state index is 13.1. The van der Waals surface area contributed by atoms with Crippen LogP contribution in [0.3, 0.4) is 0 Å². The van der Waals surface area contributed by atoms with E-state index in [9.17, 15) is 26.7 Å². The predicted octanol–water partition coefficient (Wildman–Crippen LogP) is 3.20. The summed E-state index contributed by atoms with van der Waals surface area (Å²) in [5, 5.41) is 1.54. The van der Waals surface area contributed by atoms with Crippen molar-refractivity contribution in [3.8, 4) is 0 Å². The normalized spacial score (nSPS) is 12.1. The monoisotopic (exact) mass is 339 g/mol. The van der Waals surface area contributed by atoms with Crippen LogP contribution in [0.4, 0.5) is 22.0 Å². The number of alkyl halides is 5. The van der Waals surface area contributed by atoms with Gasteiger partial charge in [-0.2, -0.15) is 22.0 Å². The first-order valence-electron chi connectivity index (χ1n) is 5.99. The number of rotatable bonds is 5. The van der Waals surface area contributed by atoms with Gasteiger partial charge in [0.25, 0.3) is 0 Å². The molecule has 0 spiro atoms. The van der Waals surface area contributed by atoms with Gasteiger partial charge in [0.1, 0.15) is 6.54 Å². The Morgan fingerprint density at radius 2 is 2.00 bits per heavy atom. The Labute approximate surface area is 125 Å². The SMILES string of the molecule is O=C(CSc1nc2ccccc2n1C(F)F)NCC(F)(F)F. The van der Waals surface area contributed by atoms with Crippen molar-refractivity contribution in [2.75, 3.05) is 12.3 Å². The van der Waals surface area contributed by atoms with Crippen LogP contribution >= 0.6 is 11.8 Å². The van der Waals surface area contributed by atoms with Gasteiger partial charge >= 0.3 is 12.7 Å². The quantitative estimate of drug-likeness (QED) is 0.672. The molecule has 120 valence electrons. The van der Waals surface area contributed by atoms with Crippen molar-refractivity contribution >= 4 is 28.7 Å². The zero-order valence-corrected chi connectivity index (χ0v) is 11.7. The number of aromatic nitrogens is 2. The third-order valence-corrected chi connectivity index (χ3v) is 3.53. The van der Waals surface area contributed by atoms with E-state index in [1.54, 1.807) is 17.4 Å². The van der Waals surface area contributed by atoms with E-state index in [-0.39, 0.29) is 10.7 Å². The molecule has 1 aromatic carbocycles. The van der Waals surface area contributed by atoms with Gasteiger partial charge in [-0.25, -0.2) is 4.98 Å². The van der Waals surface area contributed by atoms with Crippen molar-refractivity contribution in [3.05, 3.63) is 24.3 Å². The first-order chi connectivity index (χ1) is 10.3. The smallest absolute Gasteiger partial charge is 0.346 e. The first kappa shape index (κ1) is 16.5. The summed E-state index contributed by atoms with van der Waals surface area (Å²) >= 11 is 0.652. The summed E-state index contributed by atoms with van der Waals surface area (Å²) in [4.78, 5) is 15.3. The van der Waals surface area contributed by atoms with Gasteiger partial charge < -0.3 is 5.32 Å². The van der Waals surface area contributed by atoms with E-state index in [1.807, 2.05) is 0 Å². The maximum Gasteiger partial charge on any atom is 0.405 e. The number of imidazole rings is 1. The van der Waals surface area contributed by atoms with E-state index in [4.69, 9.17) is 0 Å². The minimum Gasteiger partial charge on any atom is -0.346 e. The van der Waals surface area contributed by atoms with Gasteiger partial charge in [0.05, 0.1) is 16.8 Å². The van der Waals surface area contributed by atoms with Crippen LogP contribution in [0.2, 0.25) is 0 Å². The summed E-state index contributed by atoms with van der Waals surface area (Å²) in [5.74, 6) is -1.35. The van der Waals surface area contributed by atoms with Gasteiger partial charge in [0.2, 0.25) is 5.91 Å². The molecular formula is C12H10F5N3OS. The van der Waals surface area contributed by atoms with Crippen LogP contribution in [0.5, 0.6) is 0 Å². The third kappa shape index (κ3) is 4.09. The Kier molecular flexibility index (Phi) is 4.89. The van der Waals surface area contributed by atoms with Gasteiger partial charge in [-0.05, 0) is 12.1 Å². The average molecular weight is 339 g/mol. The number of hydrogen-bond donors (Lipinski definition) is 1. The molecule has 0 aliphatic carbocycles.